The van der Waals surface area contributed by atoms with Crippen molar-refractivity contribution in [3.8, 4) is 0 Å². The minimum absolute atomic E-state index is 0.0213. The minimum atomic E-state index is -4.19. The van der Waals surface area contributed by atoms with Crippen LogP contribution in [0, 0.1) is 46.3 Å². The molecule has 1 aromatic rings. The molecule has 80 heavy (non-hydrogen) atoms. The predicted molar refractivity (Wildman–Crippen MR) is 294 cm³/mol. The van der Waals surface area contributed by atoms with Crippen LogP contribution in [-0.2, 0) is 71.6 Å². The molecule has 18 nitrogen and oxygen atoms in total. The fourth-order valence-electron chi connectivity index (χ4n) is 13.5. The van der Waals surface area contributed by atoms with E-state index < -0.39 is 86.6 Å². The molecule has 2 amide bonds. The van der Waals surface area contributed by atoms with Gasteiger partial charge < -0.3 is 33.9 Å². The van der Waals surface area contributed by atoms with E-state index in [1.165, 1.54) is 42.6 Å². The Kier molecular flexibility index (Phi) is 20.0. The van der Waals surface area contributed by atoms with Gasteiger partial charge >= 0.3 is 23.9 Å². The summed E-state index contributed by atoms with van der Waals surface area (Å²) >= 11 is 3.30. The lowest BCUT2D eigenvalue weighted by atomic mass is 9.90. The molecule has 4 aliphatic carbocycles. The minimum Gasteiger partial charge on any atom is -0.469 e. The molecule has 7 fully saturated rings. The predicted octanol–water partition coefficient (Wildman–Crippen LogP) is 8.31. The Hall–Kier alpha value is -4.53. The lowest BCUT2D eigenvalue weighted by Crippen LogP contribution is -2.45. The highest BCUT2D eigenvalue weighted by atomic mass is 79.9. The highest BCUT2D eigenvalue weighted by molar-refractivity contribution is 9.10. The van der Waals surface area contributed by atoms with Crippen molar-refractivity contribution in [2.75, 3.05) is 27.3 Å². The number of carbonyl (C=O) groups excluding carboxylic acids is 8. The number of aliphatic hydroxyl groups excluding tert-OH is 1. The molecule has 4 heterocycles. The normalized spacial score (nSPS) is 34.4. The summed E-state index contributed by atoms with van der Waals surface area (Å²) in [7, 11) is -1.54. The maximum Gasteiger partial charge on any atom is 0.312 e. The highest BCUT2D eigenvalue weighted by Gasteiger charge is 2.63. The van der Waals surface area contributed by atoms with Gasteiger partial charge in [0, 0.05) is 55.1 Å². The maximum absolute atomic E-state index is 14.3. The Bertz CT molecular complexity index is 2610. The molecule has 0 bridgehead atoms. The van der Waals surface area contributed by atoms with E-state index in [-0.39, 0.29) is 97.8 Å². The van der Waals surface area contributed by atoms with Crippen LogP contribution in [0.25, 0.3) is 0 Å². The second kappa shape index (κ2) is 25.9. The number of allylic oxidation sites excluding steroid dienone is 2. The fraction of sp³-hybridized carbons (Fsp3) is 0.733. The average Bonchev–Trinajstić information content (AvgIpc) is 4.35. The summed E-state index contributed by atoms with van der Waals surface area (Å²) in [6.45, 7) is 5.28. The third-order valence-electron chi connectivity index (χ3n) is 18.1. The zero-order chi connectivity index (χ0) is 57.7. The van der Waals surface area contributed by atoms with Gasteiger partial charge in [0.25, 0.3) is 10.1 Å². The summed E-state index contributed by atoms with van der Waals surface area (Å²) in [6.07, 6.45) is 16.0. The molecule has 0 spiro atoms. The molecule has 4 aliphatic heterocycles. The number of ketones is 2. The third-order valence-corrected chi connectivity index (χ3v) is 20.0. The number of esters is 4. The number of methoxy groups -OCH3 is 2. The van der Waals surface area contributed by atoms with Gasteiger partial charge in [0.2, 0.25) is 11.8 Å². The number of hydrogen-bond acceptors (Lipinski definition) is 16. The van der Waals surface area contributed by atoms with Crippen LogP contribution in [0.3, 0.4) is 0 Å². The molecule has 1 unspecified atom stereocenters. The quantitative estimate of drug-likeness (QED) is 0.100. The molecule has 3 saturated heterocycles. The number of carbonyl (C=O) groups is 8. The number of aliphatic hydroxyl groups is 1. The van der Waals surface area contributed by atoms with E-state index in [9.17, 15) is 51.9 Å². The molecule has 1 aromatic carbocycles. The Morgan fingerprint density at radius 1 is 0.675 bits per heavy atom. The van der Waals surface area contributed by atoms with E-state index in [0.717, 1.165) is 77.0 Å². The molecule has 442 valence electrons. The molecule has 8 aliphatic rings. The fourth-order valence-corrected chi connectivity index (χ4v) is 14.9. The number of hydrogen-bond donors (Lipinski definition) is 1. The number of ether oxygens (including phenoxy) is 4. The Morgan fingerprint density at radius 3 is 1.85 bits per heavy atom. The van der Waals surface area contributed by atoms with Crippen LogP contribution in [0.1, 0.15) is 168 Å². The van der Waals surface area contributed by atoms with E-state index in [4.69, 9.17) is 23.1 Å². The number of amides is 2. The largest absolute Gasteiger partial charge is 0.469 e. The van der Waals surface area contributed by atoms with Crippen molar-refractivity contribution in [1.82, 2.24) is 9.80 Å². The van der Waals surface area contributed by atoms with Gasteiger partial charge in [0.1, 0.15) is 11.7 Å². The van der Waals surface area contributed by atoms with E-state index in [1.54, 1.807) is 32.9 Å². The summed E-state index contributed by atoms with van der Waals surface area (Å²) in [5.74, 6) is -2.91. The van der Waals surface area contributed by atoms with Gasteiger partial charge in [-0.2, -0.15) is 8.42 Å². The van der Waals surface area contributed by atoms with Crippen molar-refractivity contribution < 1.29 is 75.0 Å². The monoisotopic (exact) mass is 1200 g/mol. The van der Waals surface area contributed by atoms with Crippen molar-refractivity contribution in [2.24, 2.45) is 46.3 Å². The molecular formula is C60H83BrN2O16S. The van der Waals surface area contributed by atoms with Crippen molar-refractivity contribution in [2.45, 2.75) is 209 Å². The summed E-state index contributed by atoms with van der Waals surface area (Å²) in [5.41, 5.74) is -2.47. The smallest absolute Gasteiger partial charge is 0.312 e. The van der Waals surface area contributed by atoms with Gasteiger partial charge in [-0.3, -0.25) is 42.5 Å². The van der Waals surface area contributed by atoms with E-state index in [0.29, 0.717) is 42.0 Å². The number of halogens is 1. The number of rotatable bonds is 10. The number of benzene rings is 1. The standard InChI is InChI=1S/C34H44BrNO9S.C26H39NO7/c1-43-33(40)34-18-24(34)8-6-4-2-3-5-7-21(16-31(38)44-26-14-22-13-23(22)15-26)32(39)36-20-27(17-29(36)30(37)19-34)45-46(41,42)28-11-9-25(35)10-12-28;1-25(2,3)34-22(30)12-17-10-8-6-5-7-9-11-18-14-26(18,24(32)33-4)15-21(29)20-13-19(28)16-27(20)23(17)31/h9-12,21-24,26-27,29H,2-8,13-20H2,1H3;9,11,17-20,28H,5-8,10,12-16H2,1-4H3/b;11-9-/t21-,22-,23+,24-,26?,27+,29+,34-;17-,18-,19+,20+,26-/m11/s1. The van der Waals surface area contributed by atoms with E-state index in [2.05, 4.69) is 22.0 Å². The average molecular weight is 1200 g/mol. The zero-order valence-electron chi connectivity index (χ0n) is 47.2. The topological polar surface area (TPSA) is 244 Å². The summed E-state index contributed by atoms with van der Waals surface area (Å²) in [4.78, 5) is 109. The van der Waals surface area contributed by atoms with Gasteiger partial charge in [-0.1, -0.05) is 73.0 Å². The lowest BCUT2D eigenvalue weighted by molar-refractivity contribution is -0.159. The van der Waals surface area contributed by atoms with Crippen molar-refractivity contribution in [1.29, 1.82) is 0 Å². The molecule has 0 aromatic heterocycles. The van der Waals surface area contributed by atoms with Gasteiger partial charge in [-0.15, -0.1) is 0 Å². The molecule has 13 atom stereocenters. The molecular weight excluding hydrogens is 1120 g/mol. The van der Waals surface area contributed by atoms with Crippen LogP contribution >= 0.6 is 15.9 Å². The first-order valence-corrected chi connectivity index (χ1v) is 31.4. The third kappa shape index (κ3) is 15.2. The van der Waals surface area contributed by atoms with Crippen molar-refractivity contribution >= 4 is 73.3 Å². The Labute approximate surface area is 479 Å². The molecule has 4 saturated carbocycles. The number of fused-ring (bicyclic) bond motifs is 5. The Balaban J connectivity index is 0.000000221. The second-order valence-electron chi connectivity index (χ2n) is 25.2. The van der Waals surface area contributed by atoms with E-state index in [1.807, 2.05) is 6.08 Å². The highest BCUT2D eigenvalue weighted by Crippen LogP contribution is 2.60. The van der Waals surface area contributed by atoms with Gasteiger partial charge in [-0.05, 0) is 133 Å². The van der Waals surface area contributed by atoms with Gasteiger partial charge in [0.05, 0.1) is 67.1 Å². The SMILES string of the molecule is COC(=O)[C@]12CC(=O)[C@@H]3C[C@H](O)CN3C(=O)[C@@H](CC(=O)OC(C)(C)C)CCCCC/C=C\[C@@H]1C2.COC(=O)[C@]12CC(=O)[C@@H]3C[C@H](OS(=O)(=O)c4ccc(Br)cc4)CN3C(=O)[C@@H](CC(=O)OC3C[C@@H]4C[C@@H]4C3)CCCCCCC[C@@H]1C2. The zero-order valence-corrected chi connectivity index (χ0v) is 49.6. The number of nitrogens with zero attached hydrogens (tertiary/aromatic N) is 2. The van der Waals surface area contributed by atoms with Crippen LogP contribution < -0.4 is 0 Å². The summed E-state index contributed by atoms with van der Waals surface area (Å²) in [6, 6.07) is 4.25. The molecule has 9 rings (SSSR count). The van der Waals surface area contributed by atoms with E-state index >= 15 is 0 Å². The van der Waals surface area contributed by atoms with Gasteiger partial charge in [0.15, 0.2) is 11.6 Å². The Morgan fingerprint density at radius 2 is 1.23 bits per heavy atom. The van der Waals surface area contributed by atoms with Crippen LogP contribution in [0.2, 0.25) is 0 Å². The first-order chi connectivity index (χ1) is 37.9. The maximum atomic E-state index is 14.3. The van der Waals surface area contributed by atoms with Crippen LogP contribution in [0.5, 0.6) is 0 Å². The van der Waals surface area contributed by atoms with Crippen LogP contribution in [0.4, 0.5) is 0 Å². The summed E-state index contributed by atoms with van der Waals surface area (Å²) < 4.78 is 54.2. The molecule has 20 heteroatoms. The molecule has 0 radical (unpaired) electrons. The van der Waals surface area contributed by atoms with Gasteiger partial charge in [-0.25, -0.2) is 0 Å². The number of Topliss-reactive ketones (excluding diaryl/α,β-unsaturated/α-hetero) is 2. The summed E-state index contributed by atoms with van der Waals surface area (Å²) in [5, 5.41) is 10.3. The lowest BCUT2D eigenvalue weighted by Gasteiger charge is -2.29. The van der Waals surface area contributed by atoms with Crippen molar-refractivity contribution in [3.05, 3.63) is 40.9 Å². The molecule has 1 N–H and O–H groups in total. The van der Waals surface area contributed by atoms with Crippen molar-refractivity contribution in [3.63, 3.8) is 0 Å². The first-order valence-electron chi connectivity index (χ1n) is 29.2. The first kappa shape index (κ1) is 61.5. The van der Waals surface area contributed by atoms with Crippen LogP contribution in [-0.4, -0.2) is 134 Å². The second-order valence-corrected chi connectivity index (χ2v) is 27.7. The van der Waals surface area contributed by atoms with Crippen LogP contribution in [0.15, 0.2) is 45.8 Å².